The highest BCUT2D eigenvalue weighted by molar-refractivity contribution is 6.30. The molecule has 1 aromatic carbocycles. The van der Waals surface area contributed by atoms with Crippen LogP contribution in [-0.2, 0) is 10.2 Å². The zero-order chi connectivity index (χ0) is 21.1. The molecule has 1 aliphatic rings. The molecule has 4 rings (SSSR count). The van der Waals surface area contributed by atoms with E-state index in [1.54, 1.807) is 24.4 Å². The summed E-state index contributed by atoms with van der Waals surface area (Å²) >= 11 is 5.89. The summed E-state index contributed by atoms with van der Waals surface area (Å²) < 4.78 is 13.1. The number of hydrogen-bond acceptors (Lipinski definition) is 4. The molecule has 8 heteroatoms. The number of anilines is 2. The van der Waals surface area contributed by atoms with Crippen LogP contribution in [-0.4, -0.2) is 21.8 Å². The Bertz CT molecular complexity index is 1080. The van der Waals surface area contributed by atoms with Gasteiger partial charge in [-0.1, -0.05) is 24.1 Å². The van der Waals surface area contributed by atoms with Gasteiger partial charge in [0.1, 0.15) is 17.3 Å². The van der Waals surface area contributed by atoms with E-state index in [4.69, 9.17) is 11.6 Å². The summed E-state index contributed by atoms with van der Waals surface area (Å²) in [6.07, 6.45) is 5.37. The molecular formula is C22H18ClFN4O2. The predicted molar refractivity (Wildman–Crippen MR) is 112 cm³/mol. The van der Waals surface area contributed by atoms with Crippen LogP contribution < -0.4 is 10.6 Å². The van der Waals surface area contributed by atoms with Crippen molar-refractivity contribution < 1.29 is 14.0 Å². The van der Waals surface area contributed by atoms with Gasteiger partial charge in [0.15, 0.2) is 0 Å². The third-order valence-corrected chi connectivity index (χ3v) is 5.49. The summed E-state index contributed by atoms with van der Waals surface area (Å²) in [5, 5.41) is 5.94. The molecule has 2 amide bonds. The number of carbonyl (C=O) groups is 2. The molecule has 0 saturated heterocycles. The molecule has 30 heavy (non-hydrogen) atoms. The number of amides is 2. The van der Waals surface area contributed by atoms with Gasteiger partial charge >= 0.3 is 0 Å². The Morgan fingerprint density at radius 1 is 1.00 bits per heavy atom. The van der Waals surface area contributed by atoms with E-state index in [0.29, 0.717) is 29.4 Å². The van der Waals surface area contributed by atoms with E-state index in [-0.39, 0.29) is 17.4 Å². The van der Waals surface area contributed by atoms with E-state index in [2.05, 4.69) is 20.6 Å². The highest BCUT2D eigenvalue weighted by Crippen LogP contribution is 2.44. The number of nitrogens with one attached hydrogen (secondary N) is 2. The number of nitrogens with zero attached hydrogens (tertiary/aromatic N) is 2. The molecule has 0 aliphatic heterocycles. The van der Waals surface area contributed by atoms with Crippen molar-refractivity contribution in [1.82, 2.24) is 9.97 Å². The molecule has 1 saturated carbocycles. The van der Waals surface area contributed by atoms with Gasteiger partial charge in [-0.2, -0.15) is 0 Å². The van der Waals surface area contributed by atoms with E-state index in [0.717, 1.165) is 12.0 Å². The van der Waals surface area contributed by atoms with Gasteiger partial charge in [-0.05, 0) is 60.9 Å². The van der Waals surface area contributed by atoms with E-state index < -0.39 is 11.3 Å². The first-order valence-corrected chi connectivity index (χ1v) is 9.80. The van der Waals surface area contributed by atoms with Gasteiger partial charge in [0.2, 0.25) is 5.91 Å². The van der Waals surface area contributed by atoms with Crippen LogP contribution >= 0.6 is 11.6 Å². The lowest BCUT2D eigenvalue weighted by Gasteiger charge is -2.40. The molecule has 0 atom stereocenters. The van der Waals surface area contributed by atoms with Gasteiger partial charge < -0.3 is 10.6 Å². The standard InChI is InChI=1S/C22H18ClFN4O2/c23-15-8-11-25-18(12-15)20(29)28-19-7-2-14(13-26-19)22(9-1-10-22)21(30)27-17-5-3-16(24)4-6-17/h2-8,11-13H,1,9-10H2,(H,27,30)(H,26,28,29). The molecule has 0 bridgehead atoms. The molecule has 2 N–H and O–H groups in total. The van der Waals surface area contributed by atoms with Crippen LogP contribution in [0.1, 0.15) is 35.3 Å². The van der Waals surface area contributed by atoms with E-state index in [9.17, 15) is 14.0 Å². The predicted octanol–water partition coefficient (Wildman–Crippen LogP) is 4.58. The number of aromatic nitrogens is 2. The van der Waals surface area contributed by atoms with Crippen molar-refractivity contribution >= 4 is 34.9 Å². The maximum Gasteiger partial charge on any atom is 0.275 e. The summed E-state index contributed by atoms with van der Waals surface area (Å²) in [6.45, 7) is 0. The van der Waals surface area contributed by atoms with E-state index in [1.807, 2.05) is 0 Å². The lowest BCUT2D eigenvalue weighted by molar-refractivity contribution is -0.124. The highest BCUT2D eigenvalue weighted by Gasteiger charge is 2.45. The van der Waals surface area contributed by atoms with Crippen LogP contribution in [0.3, 0.4) is 0 Å². The number of rotatable bonds is 5. The van der Waals surface area contributed by atoms with Gasteiger partial charge in [-0.25, -0.2) is 9.37 Å². The number of benzene rings is 1. The minimum Gasteiger partial charge on any atom is -0.325 e. The Labute approximate surface area is 177 Å². The van der Waals surface area contributed by atoms with Gasteiger partial charge in [-0.3, -0.25) is 14.6 Å². The van der Waals surface area contributed by atoms with Crippen molar-refractivity contribution in [3.8, 4) is 0 Å². The second-order valence-electron chi connectivity index (χ2n) is 7.14. The molecule has 3 aromatic rings. The van der Waals surface area contributed by atoms with Crippen LogP contribution in [0.25, 0.3) is 0 Å². The first kappa shape index (κ1) is 20.0. The molecule has 0 radical (unpaired) electrons. The van der Waals surface area contributed by atoms with Crippen LogP contribution in [0.4, 0.5) is 15.9 Å². The lowest BCUT2D eigenvalue weighted by atomic mass is 9.64. The van der Waals surface area contributed by atoms with Crippen molar-refractivity contribution in [2.24, 2.45) is 0 Å². The smallest absolute Gasteiger partial charge is 0.275 e. The Morgan fingerprint density at radius 3 is 2.37 bits per heavy atom. The maximum absolute atomic E-state index is 13.1. The first-order chi connectivity index (χ1) is 14.5. The summed E-state index contributed by atoms with van der Waals surface area (Å²) in [7, 11) is 0. The minimum atomic E-state index is -0.682. The topological polar surface area (TPSA) is 84.0 Å². The molecule has 6 nitrogen and oxygen atoms in total. The average Bonchev–Trinajstić information content (AvgIpc) is 2.70. The van der Waals surface area contributed by atoms with Gasteiger partial charge in [0.25, 0.3) is 5.91 Å². The maximum atomic E-state index is 13.1. The van der Waals surface area contributed by atoms with Gasteiger partial charge in [0, 0.05) is 23.1 Å². The zero-order valence-electron chi connectivity index (χ0n) is 15.9. The van der Waals surface area contributed by atoms with Crippen molar-refractivity contribution in [2.75, 3.05) is 10.6 Å². The third kappa shape index (κ3) is 4.02. The highest BCUT2D eigenvalue weighted by atomic mass is 35.5. The van der Waals surface area contributed by atoms with Crippen molar-refractivity contribution in [3.63, 3.8) is 0 Å². The Morgan fingerprint density at radius 2 is 1.77 bits per heavy atom. The molecule has 0 spiro atoms. The Hall–Kier alpha value is -3.32. The second-order valence-corrected chi connectivity index (χ2v) is 7.58. The number of hydrogen-bond donors (Lipinski definition) is 2. The van der Waals surface area contributed by atoms with Crippen LogP contribution in [0.15, 0.2) is 60.9 Å². The van der Waals surface area contributed by atoms with Crippen molar-refractivity contribution in [3.05, 3.63) is 83.0 Å². The fraction of sp³-hybridized carbons (Fsp3) is 0.182. The third-order valence-electron chi connectivity index (χ3n) is 5.26. The number of pyridine rings is 2. The van der Waals surface area contributed by atoms with Crippen LogP contribution in [0.2, 0.25) is 5.02 Å². The molecule has 1 fully saturated rings. The Balaban J connectivity index is 1.48. The number of carbonyl (C=O) groups excluding carboxylic acids is 2. The average molecular weight is 425 g/mol. The summed E-state index contributed by atoms with van der Waals surface area (Å²) in [5.74, 6) is -0.590. The molecule has 2 heterocycles. The summed E-state index contributed by atoms with van der Waals surface area (Å²) in [5.41, 5.74) is 0.812. The molecule has 1 aliphatic carbocycles. The van der Waals surface area contributed by atoms with Crippen LogP contribution in [0, 0.1) is 5.82 Å². The molecule has 152 valence electrons. The fourth-order valence-corrected chi connectivity index (χ4v) is 3.58. The quantitative estimate of drug-likeness (QED) is 0.627. The van der Waals surface area contributed by atoms with E-state index in [1.165, 1.54) is 36.5 Å². The second kappa shape index (κ2) is 8.20. The van der Waals surface area contributed by atoms with Crippen molar-refractivity contribution in [1.29, 1.82) is 0 Å². The first-order valence-electron chi connectivity index (χ1n) is 9.43. The molecular weight excluding hydrogens is 407 g/mol. The zero-order valence-corrected chi connectivity index (χ0v) is 16.6. The molecule has 0 unspecified atom stereocenters. The minimum absolute atomic E-state index is 0.151. The Kier molecular flexibility index (Phi) is 5.46. The summed E-state index contributed by atoms with van der Waals surface area (Å²) in [6, 6.07) is 12.2. The monoisotopic (exact) mass is 424 g/mol. The van der Waals surface area contributed by atoms with Gasteiger partial charge in [-0.15, -0.1) is 0 Å². The van der Waals surface area contributed by atoms with Crippen molar-refractivity contribution in [2.45, 2.75) is 24.7 Å². The molecule has 2 aromatic heterocycles. The summed E-state index contributed by atoms with van der Waals surface area (Å²) in [4.78, 5) is 33.5. The van der Waals surface area contributed by atoms with Crippen LogP contribution in [0.5, 0.6) is 0 Å². The largest absolute Gasteiger partial charge is 0.325 e. The van der Waals surface area contributed by atoms with Gasteiger partial charge in [0.05, 0.1) is 5.41 Å². The fourth-order valence-electron chi connectivity index (χ4n) is 3.42. The SMILES string of the molecule is O=C(Nc1ccc(C2(C(=O)Nc3ccc(F)cc3)CCC2)cn1)c1cc(Cl)ccn1. The normalized spacial score (nSPS) is 14.5. The lowest BCUT2D eigenvalue weighted by Crippen LogP contribution is -2.46. The van der Waals surface area contributed by atoms with E-state index >= 15 is 0 Å². The number of halogens is 2.